The summed E-state index contributed by atoms with van der Waals surface area (Å²) < 4.78 is 2.06. The molecule has 0 spiro atoms. The minimum Gasteiger partial charge on any atom is -0.270 e. The molecule has 98 valence electrons. The van der Waals surface area contributed by atoms with Gasteiger partial charge in [-0.05, 0) is 37.2 Å². The highest BCUT2D eigenvalue weighted by Crippen LogP contribution is 2.29. The molecule has 1 rings (SSSR count). The van der Waals surface area contributed by atoms with E-state index >= 15 is 0 Å². The molecule has 0 saturated carbocycles. The molecule has 2 unspecified atom stereocenters. The van der Waals surface area contributed by atoms with Gasteiger partial charge in [0.05, 0.1) is 5.69 Å². The Morgan fingerprint density at radius 3 is 2.53 bits per heavy atom. The van der Waals surface area contributed by atoms with Crippen molar-refractivity contribution >= 4 is 11.6 Å². The molecule has 0 N–H and O–H groups in total. The lowest BCUT2D eigenvalue weighted by Crippen LogP contribution is -2.24. The van der Waals surface area contributed by atoms with Crippen LogP contribution in [-0.4, -0.2) is 15.7 Å². The third-order valence-electron chi connectivity index (χ3n) is 3.57. The maximum atomic E-state index is 6.06. The van der Waals surface area contributed by atoms with Crippen LogP contribution >= 0.6 is 11.6 Å². The largest absolute Gasteiger partial charge is 0.270 e. The van der Waals surface area contributed by atoms with Crippen LogP contribution in [0.5, 0.6) is 0 Å². The lowest BCUT2D eigenvalue weighted by Gasteiger charge is -2.28. The molecule has 2 atom stereocenters. The summed E-state index contributed by atoms with van der Waals surface area (Å²) in [4.78, 5) is 0. The second-order valence-corrected chi connectivity index (χ2v) is 6.27. The summed E-state index contributed by atoms with van der Waals surface area (Å²) in [5.41, 5.74) is 1.40. The average Bonchev–Trinajstić information content (AvgIpc) is 2.71. The van der Waals surface area contributed by atoms with Gasteiger partial charge in [0.25, 0.3) is 0 Å². The molecule has 3 heteroatoms. The van der Waals surface area contributed by atoms with Crippen molar-refractivity contribution in [2.24, 2.45) is 11.3 Å². The molecule has 1 aromatic heterocycles. The Bertz CT molecular complexity index is 338. The third-order valence-corrected chi connectivity index (χ3v) is 3.95. The minimum absolute atomic E-state index is 0.238. The van der Waals surface area contributed by atoms with Gasteiger partial charge in [-0.25, -0.2) is 0 Å². The van der Waals surface area contributed by atoms with Gasteiger partial charge in [-0.1, -0.05) is 27.7 Å². The van der Waals surface area contributed by atoms with Gasteiger partial charge in [0.15, 0.2) is 0 Å². The van der Waals surface area contributed by atoms with E-state index in [1.54, 1.807) is 0 Å². The molecule has 0 bridgehead atoms. The van der Waals surface area contributed by atoms with Crippen LogP contribution in [0.2, 0.25) is 0 Å². The van der Waals surface area contributed by atoms with E-state index in [9.17, 15) is 0 Å². The molecule has 1 heterocycles. The standard InChI is InChI=1S/C14H25ClN2/c1-6-11(2)17-8-7-13(16-17)9-12(10-15)14(3,4)5/h7-8,11-12H,6,9-10H2,1-5H3. The quantitative estimate of drug-likeness (QED) is 0.719. The molecule has 0 amide bonds. The van der Waals surface area contributed by atoms with Crippen molar-refractivity contribution in [3.05, 3.63) is 18.0 Å². The Hall–Kier alpha value is -0.500. The SMILES string of the molecule is CCC(C)n1ccc(CC(CCl)C(C)(C)C)n1. The van der Waals surface area contributed by atoms with E-state index in [1.807, 2.05) is 0 Å². The second-order valence-electron chi connectivity index (χ2n) is 5.97. The Morgan fingerprint density at radius 1 is 1.41 bits per heavy atom. The summed E-state index contributed by atoms with van der Waals surface area (Å²) in [6.45, 7) is 11.1. The van der Waals surface area contributed by atoms with E-state index in [-0.39, 0.29) is 5.41 Å². The van der Waals surface area contributed by atoms with Gasteiger partial charge in [0, 0.05) is 18.1 Å². The highest BCUT2D eigenvalue weighted by molar-refractivity contribution is 6.18. The average molecular weight is 257 g/mol. The number of hydrogen-bond donors (Lipinski definition) is 0. The molecule has 0 radical (unpaired) electrons. The van der Waals surface area contributed by atoms with Crippen molar-refractivity contribution in [2.75, 3.05) is 5.88 Å². The topological polar surface area (TPSA) is 17.8 Å². The van der Waals surface area contributed by atoms with Gasteiger partial charge in [0.2, 0.25) is 0 Å². The normalized spacial score (nSPS) is 15.9. The zero-order valence-electron chi connectivity index (χ0n) is 11.7. The summed E-state index contributed by atoms with van der Waals surface area (Å²) in [7, 11) is 0. The van der Waals surface area contributed by atoms with Crippen LogP contribution in [0.4, 0.5) is 0 Å². The molecule has 0 fully saturated rings. The van der Waals surface area contributed by atoms with Gasteiger partial charge in [-0.2, -0.15) is 5.10 Å². The number of hydrogen-bond acceptors (Lipinski definition) is 1. The van der Waals surface area contributed by atoms with E-state index in [4.69, 9.17) is 11.6 Å². The molecule has 0 aliphatic heterocycles. The van der Waals surface area contributed by atoms with Crippen LogP contribution in [0.15, 0.2) is 12.3 Å². The van der Waals surface area contributed by atoms with Gasteiger partial charge < -0.3 is 0 Å². The van der Waals surface area contributed by atoms with Crippen LogP contribution in [0.3, 0.4) is 0 Å². The third kappa shape index (κ3) is 4.02. The second kappa shape index (κ2) is 5.90. The summed E-state index contributed by atoms with van der Waals surface area (Å²) in [5.74, 6) is 1.17. The van der Waals surface area contributed by atoms with Gasteiger partial charge in [0.1, 0.15) is 0 Å². The Kier molecular flexibility index (Phi) is 5.05. The predicted molar refractivity (Wildman–Crippen MR) is 74.6 cm³/mol. The van der Waals surface area contributed by atoms with Crippen molar-refractivity contribution in [2.45, 2.75) is 53.5 Å². The van der Waals surface area contributed by atoms with Crippen molar-refractivity contribution < 1.29 is 0 Å². The highest BCUT2D eigenvalue weighted by atomic mass is 35.5. The highest BCUT2D eigenvalue weighted by Gasteiger charge is 2.24. The fourth-order valence-electron chi connectivity index (χ4n) is 1.76. The van der Waals surface area contributed by atoms with Crippen molar-refractivity contribution in [3.8, 4) is 0 Å². The van der Waals surface area contributed by atoms with Crippen LogP contribution < -0.4 is 0 Å². The van der Waals surface area contributed by atoms with Crippen LogP contribution in [0.25, 0.3) is 0 Å². The predicted octanol–water partition coefficient (Wildman–Crippen LogP) is 4.30. The summed E-state index contributed by atoms with van der Waals surface area (Å²) in [6.07, 6.45) is 4.16. The smallest absolute Gasteiger partial charge is 0.0628 e. The number of halogens is 1. The van der Waals surface area contributed by atoms with Crippen LogP contribution in [0.1, 0.15) is 52.8 Å². The first-order valence-electron chi connectivity index (χ1n) is 6.48. The molecule has 0 saturated heterocycles. The first-order chi connectivity index (χ1) is 7.88. The maximum Gasteiger partial charge on any atom is 0.0628 e. The molecule has 0 aromatic carbocycles. The maximum absolute atomic E-state index is 6.06. The van der Waals surface area contributed by atoms with Gasteiger partial charge in [-0.3, -0.25) is 4.68 Å². The van der Waals surface area contributed by atoms with Crippen molar-refractivity contribution in [3.63, 3.8) is 0 Å². The molecular weight excluding hydrogens is 232 g/mol. The van der Waals surface area contributed by atoms with E-state index in [1.165, 1.54) is 0 Å². The summed E-state index contributed by atoms with van der Waals surface area (Å²) >= 11 is 6.06. The molecule has 17 heavy (non-hydrogen) atoms. The lowest BCUT2D eigenvalue weighted by molar-refractivity contribution is 0.261. The fraction of sp³-hybridized carbons (Fsp3) is 0.786. The number of rotatable bonds is 5. The molecule has 0 aliphatic rings. The van der Waals surface area contributed by atoms with Crippen LogP contribution in [-0.2, 0) is 6.42 Å². The number of alkyl halides is 1. The first-order valence-corrected chi connectivity index (χ1v) is 7.02. The van der Waals surface area contributed by atoms with Crippen molar-refractivity contribution in [1.82, 2.24) is 9.78 Å². The van der Waals surface area contributed by atoms with E-state index in [0.717, 1.165) is 18.5 Å². The Labute approximate surface area is 110 Å². The zero-order chi connectivity index (χ0) is 13.1. The fourth-order valence-corrected chi connectivity index (χ4v) is 2.34. The molecule has 0 aliphatic carbocycles. The molecular formula is C14H25ClN2. The number of aromatic nitrogens is 2. The van der Waals surface area contributed by atoms with Crippen LogP contribution in [0, 0.1) is 11.3 Å². The summed E-state index contributed by atoms with van der Waals surface area (Å²) in [5, 5.41) is 4.64. The monoisotopic (exact) mass is 256 g/mol. The first kappa shape index (κ1) is 14.6. The van der Waals surface area contributed by atoms with E-state index in [0.29, 0.717) is 17.8 Å². The van der Waals surface area contributed by atoms with Gasteiger partial charge in [-0.15, -0.1) is 11.6 Å². The Morgan fingerprint density at radius 2 is 2.06 bits per heavy atom. The van der Waals surface area contributed by atoms with Crippen molar-refractivity contribution in [1.29, 1.82) is 0 Å². The number of nitrogens with zero attached hydrogens (tertiary/aromatic N) is 2. The summed E-state index contributed by atoms with van der Waals surface area (Å²) in [6, 6.07) is 2.60. The molecule has 1 aromatic rings. The van der Waals surface area contributed by atoms with Gasteiger partial charge >= 0.3 is 0 Å². The van der Waals surface area contributed by atoms with E-state index < -0.39 is 0 Å². The zero-order valence-corrected chi connectivity index (χ0v) is 12.5. The minimum atomic E-state index is 0.238. The molecule has 2 nitrogen and oxygen atoms in total. The lowest BCUT2D eigenvalue weighted by atomic mass is 9.79. The Balaban J connectivity index is 2.71. The van der Waals surface area contributed by atoms with E-state index in [2.05, 4.69) is 56.7 Å².